The number of rotatable bonds is 3. The third kappa shape index (κ3) is 1.99. The van der Waals surface area contributed by atoms with Crippen LogP contribution in [0.1, 0.15) is 11.3 Å². The van der Waals surface area contributed by atoms with Crippen LogP contribution in [0.5, 0.6) is 0 Å². The van der Waals surface area contributed by atoms with Crippen LogP contribution in [-0.4, -0.2) is 4.57 Å². The Balaban J connectivity index is 2.30. The van der Waals surface area contributed by atoms with E-state index in [2.05, 4.69) is 0 Å². The molecule has 2 heterocycles. The van der Waals surface area contributed by atoms with Gasteiger partial charge in [-0.1, -0.05) is 6.07 Å². The lowest BCUT2D eigenvalue weighted by Gasteiger charge is -2.03. The van der Waals surface area contributed by atoms with Crippen molar-refractivity contribution in [3.63, 3.8) is 0 Å². The fraction of sp³-hybridized carbons (Fsp3) is 0.182. The van der Waals surface area contributed by atoms with Crippen LogP contribution in [0.4, 0.5) is 0 Å². The second kappa shape index (κ2) is 4.14. The summed E-state index contributed by atoms with van der Waals surface area (Å²) in [6, 6.07) is 6.91. The Bertz CT molecular complexity index is 499. The van der Waals surface area contributed by atoms with Gasteiger partial charge in [0, 0.05) is 17.8 Å². The molecule has 2 aromatic heterocycles. The smallest absolute Gasteiger partial charge is 0.250 e. The Hall–Kier alpha value is -1.81. The molecule has 0 unspecified atom stereocenters. The highest BCUT2D eigenvalue weighted by molar-refractivity contribution is 5.17. The predicted molar refractivity (Wildman–Crippen MR) is 56.4 cm³/mol. The van der Waals surface area contributed by atoms with E-state index < -0.39 is 0 Å². The first kappa shape index (κ1) is 9.73. The van der Waals surface area contributed by atoms with Crippen LogP contribution in [0.15, 0.2) is 45.9 Å². The topological polar surface area (TPSA) is 61.2 Å². The van der Waals surface area contributed by atoms with Gasteiger partial charge in [-0.25, -0.2) is 0 Å². The maximum Gasteiger partial charge on any atom is 0.250 e. The van der Waals surface area contributed by atoms with Gasteiger partial charge < -0.3 is 14.7 Å². The van der Waals surface area contributed by atoms with Gasteiger partial charge in [-0.3, -0.25) is 4.79 Å². The van der Waals surface area contributed by atoms with E-state index >= 15 is 0 Å². The van der Waals surface area contributed by atoms with Gasteiger partial charge in [-0.05, 0) is 12.1 Å². The monoisotopic (exact) mass is 204 g/mol. The number of hydrogen-bond acceptors (Lipinski definition) is 3. The lowest BCUT2D eigenvalue weighted by molar-refractivity contribution is 0.505. The van der Waals surface area contributed by atoms with E-state index in [0.717, 1.165) is 11.3 Å². The Morgan fingerprint density at radius 3 is 2.93 bits per heavy atom. The molecule has 0 saturated heterocycles. The number of hydrogen-bond donors (Lipinski definition) is 1. The molecule has 0 aromatic carbocycles. The van der Waals surface area contributed by atoms with Crippen LogP contribution >= 0.6 is 0 Å². The molecular formula is C11H12N2O2. The molecule has 0 aliphatic heterocycles. The minimum Gasteiger partial charge on any atom is -0.468 e. The van der Waals surface area contributed by atoms with Gasteiger partial charge >= 0.3 is 0 Å². The Kier molecular flexibility index (Phi) is 2.69. The third-order valence-electron chi connectivity index (χ3n) is 2.26. The Morgan fingerprint density at radius 2 is 2.20 bits per heavy atom. The standard InChI is InChI=1S/C11H12N2O2/c12-7-10-9(4-6-15-10)8-13-5-2-1-3-11(13)14/h1-6H,7-8,12H2. The molecule has 0 saturated carbocycles. The summed E-state index contributed by atoms with van der Waals surface area (Å²) in [5, 5.41) is 0. The molecule has 4 heteroatoms. The number of nitrogens with two attached hydrogens (primary N) is 1. The number of furan rings is 1. The van der Waals surface area contributed by atoms with E-state index in [-0.39, 0.29) is 5.56 Å². The summed E-state index contributed by atoms with van der Waals surface area (Å²) in [4.78, 5) is 11.4. The zero-order valence-corrected chi connectivity index (χ0v) is 8.22. The molecule has 0 spiro atoms. The molecule has 15 heavy (non-hydrogen) atoms. The second-order valence-corrected chi connectivity index (χ2v) is 3.24. The predicted octanol–water partition coefficient (Wildman–Crippen LogP) is 0.948. The van der Waals surface area contributed by atoms with Gasteiger partial charge in [0.25, 0.3) is 5.56 Å². The van der Waals surface area contributed by atoms with Crippen molar-refractivity contribution in [1.29, 1.82) is 0 Å². The molecule has 2 rings (SSSR count). The second-order valence-electron chi connectivity index (χ2n) is 3.24. The average Bonchev–Trinajstić information content (AvgIpc) is 2.69. The number of pyridine rings is 1. The minimum atomic E-state index is -0.0262. The molecule has 78 valence electrons. The Morgan fingerprint density at radius 1 is 1.33 bits per heavy atom. The quantitative estimate of drug-likeness (QED) is 0.809. The largest absolute Gasteiger partial charge is 0.468 e. The summed E-state index contributed by atoms with van der Waals surface area (Å²) in [6.45, 7) is 0.854. The van der Waals surface area contributed by atoms with E-state index in [1.54, 1.807) is 23.1 Å². The SMILES string of the molecule is NCc1occc1Cn1ccccc1=O. The summed E-state index contributed by atoms with van der Waals surface area (Å²) in [6.07, 6.45) is 3.33. The Labute approximate surface area is 86.9 Å². The molecule has 0 radical (unpaired) electrons. The van der Waals surface area contributed by atoms with Crippen LogP contribution < -0.4 is 11.3 Å². The van der Waals surface area contributed by atoms with Gasteiger partial charge in [0.05, 0.1) is 19.4 Å². The van der Waals surface area contributed by atoms with Crippen molar-refractivity contribution in [3.05, 3.63) is 58.4 Å². The molecule has 0 amide bonds. The van der Waals surface area contributed by atoms with E-state index in [1.165, 1.54) is 6.07 Å². The van der Waals surface area contributed by atoms with Gasteiger partial charge in [-0.2, -0.15) is 0 Å². The van der Waals surface area contributed by atoms with E-state index in [0.29, 0.717) is 13.1 Å². The molecule has 0 atom stereocenters. The highest BCUT2D eigenvalue weighted by atomic mass is 16.3. The first-order chi connectivity index (χ1) is 7.31. The van der Waals surface area contributed by atoms with Crippen LogP contribution in [0, 0.1) is 0 Å². The van der Waals surface area contributed by atoms with Crippen molar-refractivity contribution >= 4 is 0 Å². The van der Waals surface area contributed by atoms with Gasteiger partial charge in [0.15, 0.2) is 0 Å². The molecule has 0 aliphatic rings. The fourth-order valence-corrected chi connectivity index (χ4v) is 1.46. The van der Waals surface area contributed by atoms with E-state index in [4.69, 9.17) is 10.2 Å². The zero-order valence-electron chi connectivity index (χ0n) is 8.22. The summed E-state index contributed by atoms with van der Waals surface area (Å²) in [7, 11) is 0. The highest BCUT2D eigenvalue weighted by Gasteiger charge is 2.05. The lowest BCUT2D eigenvalue weighted by atomic mass is 10.2. The maximum atomic E-state index is 11.4. The van der Waals surface area contributed by atoms with Gasteiger partial charge in [-0.15, -0.1) is 0 Å². The molecule has 0 bridgehead atoms. The molecular weight excluding hydrogens is 192 g/mol. The zero-order chi connectivity index (χ0) is 10.7. The van der Waals surface area contributed by atoms with E-state index in [9.17, 15) is 4.79 Å². The number of aromatic nitrogens is 1. The first-order valence-corrected chi connectivity index (χ1v) is 4.72. The van der Waals surface area contributed by atoms with Crippen LogP contribution in [0.25, 0.3) is 0 Å². The van der Waals surface area contributed by atoms with Crippen molar-refractivity contribution in [1.82, 2.24) is 4.57 Å². The first-order valence-electron chi connectivity index (χ1n) is 4.72. The van der Waals surface area contributed by atoms with Crippen LogP contribution in [0.2, 0.25) is 0 Å². The van der Waals surface area contributed by atoms with Gasteiger partial charge in [0.1, 0.15) is 5.76 Å². The summed E-state index contributed by atoms with van der Waals surface area (Å²) in [5.74, 6) is 0.728. The fourth-order valence-electron chi connectivity index (χ4n) is 1.46. The van der Waals surface area contributed by atoms with Crippen molar-refractivity contribution in [3.8, 4) is 0 Å². The molecule has 2 N–H and O–H groups in total. The average molecular weight is 204 g/mol. The van der Waals surface area contributed by atoms with Crippen molar-refractivity contribution in [2.75, 3.05) is 0 Å². The molecule has 2 aromatic rings. The minimum absolute atomic E-state index is 0.0262. The molecule has 4 nitrogen and oxygen atoms in total. The van der Waals surface area contributed by atoms with Crippen molar-refractivity contribution in [2.45, 2.75) is 13.1 Å². The van der Waals surface area contributed by atoms with Crippen molar-refractivity contribution < 1.29 is 4.42 Å². The third-order valence-corrected chi connectivity index (χ3v) is 2.26. The molecule has 0 aliphatic carbocycles. The van der Waals surface area contributed by atoms with Crippen LogP contribution in [0.3, 0.4) is 0 Å². The summed E-state index contributed by atoms with van der Waals surface area (Å²) < 4.78 is 6.80. The van der Waals surface area contributed by atoms with Gasteiger partial charge in [0.2, 0.25) is 0 Å². The van der Waals surface area contributed by atoms with Crippen molar-refractivity contribution in [2.24, 2.45) is 5.73 Å². The normalized spacial score (nSPS) is 10.5. The number of nitrogens with zero attached hydrogens (tertiary/aromatic N) is 1. The molecule has 0 fully saturated rings. The summed E-state index contributed by atoms with van der Waals surface area (Å²) >= 11 is 0. The maximum absolute atomic E-state index is 11.4. The lowest BCUT2D eigenvalue weighted by Crippen LogP contribution is -2.18. The highest BCUT2D eigenvalue weighted by Crippen LogP contribution is 2.10. The van der Waals surface area contributed by atoms with Crippen LogP contribution in [-0.2, 0) is 13.1 Å². The summed E-state index contributed by atoms with van der Waals surface area (Å²) in [5.41, 5.74) is 6.43. The van der Waals surface area contributed by atoms with E-state index in [1.807, 2.05) is 12.1 Å².